The number of aliphatic hydroxyl groups excluding tert-OH is 2. The van der Waals surface area contributed by atoms with E-state index in [1.807, 2.05) is 0 Å². The summed E-state index contributed by atoms with van der Waals surface area (Å²) in [6.07, 6.45) is 1.93. The van der Waals surface area contributed by atoms with Crippen molar-refractivity contribution in [1.82, 2.24) is 5.32 Å². The molecule has 0 aliphatic heterocycles. The van der Waals surface area contributed by atoms with Gasteiger partial charge in [-0.25, -0.2) is 8.78 Å². The molecule has 1 unspecified atom stereocenters. The Morgan fingerprint density at radius 1 is 1.32 bits per heavy atom. The third kappa shape index (κ3) is 3.29. The van der Waals surface area contributed by atoms with Gasteiger partial charge in [0.1, 0.15) is 11.6 Å². The molecule has 0 amide bonds. The quantitative estimate of drug-likeness (QED) is 0.739. The van der Waals surface area contributed by atoms with Gasteiger partial charge in [-0.1, -0.05) is 6.42 Å². The first-order valence-electron chi connectivity index (χ1n) is 6.51. The van der Waals surface area contributed by atoms with E-state index in [2.05, 4.69) is 5.32 Å². The minimum absolute atomic E-state index is 0.0424. The summed E-state index contributed by atoms with van der Waals surface area (Å²) < 4.78 is 26.4. The van der Waals surface area contributed by atoms with Gasteiger partial charge in [0.15, 0.2) is 0 Å². The minimum Gasteiger partial charge on any atom is -0.396 e. The van der Waals surface area contributed by atoms with E-state index in [0.717, 1.165) is 37.5 Å². The Bertz CT molecular complexity index is 430. The first-order chi connectivity index (χ1) is 9.06. The number of benzene rings is 1. The summed E-state index contributed by atoms with van der Waals surface area (Å²) in [5.74, 6) is -1.18. The van der Waals surface area contributed by atoms with Crippen LogP contribution in [0.1, 0.15) is 30.9 Å². The Balaban J connectivity index is 1.87. The number of hydrogen-bond acceptors (Lipinski definition) is 3. The van der Waals surface area contributed by atoms with Crippen molar-refractivity contribution in [2.24, 2.45) is 5.41 Å². The van der Waals surface area contributed by atoms with Crippen molar-refractivity contribution < 1.29 is 19.0 Å². The summed E-state index contributed by atoms with van der Waals surface area (Å²) in [5, 5.41) is 22.2. The maximum absolute atomic E-state index is 13.4. The molecule has 3 nitrogen and oxygen atoms in total. The molecular formula is C14H19F2NO2. The second kappa shape index (κ2) is 5.94. The summed E-state index contributed by atoms with van der Waals surface area (Å²) in [6.45, 7) is 0.837. The van der Waals surface area contributed by atoms with Gasteiger partial charge in [0.25, 0.3) is 0 Å². The standard InChI is InChI=1S/C14H19F2NO2/c15-10-2-3-12(16)11(6-10)13(19)7-17-8-14(9-18)4-1-5-14/h2-3,6,13,17-19H,1,4-5,7-9H2. The van der Waals surface area contributed by atoms with E-state index >= 15 is 0 Å². The van der Waals surface area contributed by atoms with Crippen LogP contribution in [0.4, 0.5) is 8.78 Å². The molecule has 0 aromatic heterocycles. The van der Waals surface area contributed by atoms with Crippen molar-refractivity contribution in [1.29, 1.82) is 0 Å². The first kappa shape index (κ1) is 14.4. The second-order valence-electron chi connectivity index (χ2n) is 5.32. The first-order valence-corrected chi connectivity index (χ1v) is 6.51. The second-order valence-corrected chi connectivity index (χ2v) is 5.32. The molecule has 0 spiro atoms. The molecule has 1 atom stereocenters. The van der Waals surface area contributed by atoms with E-state index < -0.39 is 17.7 Å². The highest BCUT2D eigenvalue weighted by Gasteiger charge is 2.35. The third-order valence-corrected chi connectivity index (χ3v) is 3.90. The molecule has 1 fully saturated rings. The Labute approximate surface area is 111 Å². The summed E-state index contributed by atoms with van der Waals surface area (Å²) in [7, 11) is 0. The normalized spacial score (nSPS) is 18.9. The maximum atomic E-state index is 13.4. The molecule has 1 aliphatic rings. The lowest BCUT2D eigenvalue weighted by atomic mass is 9.69. The van der Waals surface area contributed by atoms with Gasteiger partial charge in [-0.05, 0) is 31.0 Å². The van der Waals surface area contributed by atoms with Crippen LogP contribution in [0.25, 0.3) is 0 Å². The van der Waals surface area contributed by atoms with Gasteiger partial charge in [0.05, 0.1) is 6.10 Å². The molecule has 1 aliphatic carbocycles. The molecule has 0 bridgehead atoms. The zero-order chi connectivity index (χ0) is 13.9. The molecule has 0 saturated heterocycles. The lowest BCUT2D eigenvalue weighted by Crippen LogP contribution is -2.43. The van der Waals surface area contributed by atoms with Crippen molar-refractivity contribution in [2.45, 2.75) is 25.4 Å². The maximum Gasteiger partial charge on any atom is 0.129 e. The van der Waals surface area contributed by atoms with Gasteiger partial charge in [-0.3, -0.25) is 0 Å². The van der Waals surface area contributed by atoms with E-state index in [9.17, 15) is 19.0 Å². The van der Waals surface area contributed by atoms with E-state index in [1.54, 1.807) is 0 Å². The summed E-state index contributed by atoms with van der Waals surface area (Å²) >= 11 is 0. The minimum atomic E-state index is -1.09. The van der Waals surface area contributed by atoms with Crippen molar-refractivity contribution >= 4 is 0 Å². The number of hydrogen-bond donors (Lipinski definition) is 3. The highest BCUT2D eigenvalue weighted by molar-refractivity contribution is 5.21. The van der Waals surface area contributed by atoms with Crippen LogP contribution in [0.3, 0.4) is 0 Å². The highest BCUT2D eigenvalue weighted by Crippen LogP contribution is 2.39. The summed E-state index contributed by atoms with van der Waals surface area (Å²) in [6, 6.07) is 3.04. The van der Waals surface area contributed by atoms with Crippen LogP contribution in [0, 0.1) is 17.0 Å². The smallest absolute Gasteiger partial charge is 0.129 e. The van der Waals surface area contributed by atoms with Crippen LogP contribution >= 0.6 is 0 Å². The molecule has 2 rings (SSSR count). The molecule has 3 N–H and O–H groups in total. The van der Waals surface area contributed by atoms with Gasteiger partial charge in [-0.15, -0.1) is 0 Å². The molecule has 1 saturated carbocycles. The van der Waals surface area contributed by atoms with Gasteiger partial charge in [0, 0.05) is 30.7 Å². The fraction of sp³-hybridized carbons (Fsp3) is 0.571. The average molecular weight is 271 g/mol. The summed E-state index contributed by atoms with van der Waals surface area (Å²) in [5.41, 5.74) is -0.139. The fourth-order valence-corrected chi connectivity index (χ4v) is 2.42. The largest absolute Gasteiger partial charge is 0.396 e. The van der Waals surface area contributed by atoms with E-state index in [1.165, 1.54) is 0 Å². The van der Waals surface area contributed by atoms with Crippen molar-refractivity contribution in [3.63, 3.8) is 0 Å². The van der Waals surface area contributed by atoms with Crippen LogP contribution in [0.5, 0.6) is 0 Å². The Kier molecular flexibility index (Phi) is 4.50. The van der Waals surface area contributed by atoms with Crippen LogP contribution in [0.15, 0.2) is 18.2 Å². The number of nitrogens with one attached hydrogen (secondary N) is 1. The van der Waals surface area contributed by atoms with Crippen LogP contribution in [-0.2, 0) is 0 Å². The van der Waals surface area contributed by atoms with E-state index in [0.29, 0.717) is 6.54 Å². The zero-order valence-electron chi connectivity index (χ0n) is 10.7. The Morgan fingerprint density at radius 2 is 2.05 bits per heavy atom. The molecule has 1 aromatic carbocycles. The van der Waals surface area contributed by atoms with Crippen LogP contribution in [0.2, 0.25) is 0 Å². The molecule has 0 radical (unpaired) electrons. The molecular weight excluding hydrogens is 252 g/mol. The van der Waals surface area contributed by atoms with Gasteiger partial charge >= 0.3 is 0 Å². The summed E-state index contributed by atoms with van der Waals surface area (Å²) in [4.78, 5) is 0. The fourth-order valence-electron chi connectivity index (χ4n) is 2.42. The van der Waals surface area contributed by atoms with E-state index in [4.69, 9.17) is 0 Å². The molecule has 19 heavy (non-hydrogen) atoms. The van der Waals surface area contributed by atoms with Gasteiger partial charge in [-0.2, -0.15) is 0 Å². The predicted molar refractivity (Wildman–Crippen MR) is 67.6 cm³/mol. The monoisotopic (exact) mass is 271 g/mol. The SMILES string of the molecule is OCC1(CNCC(O)c2cc(F)ccc2F)CCC1. The third-order valence-electron chi connectivity index (χ3n) is 3.90. The zero-order valence-corrected chi connectivity index (χ0v) is 10.7. The lowest BCUT2D eigenvalue weighted by molar-refractivity contribution is 0.0409. The number of halogens is 2. The topological polar surface area (TPSA) is 52.5 Å². The molecule has 106 valence electrons. The van der Waals surface area contributed by atoms with Crippen LogP contribution in [-0.4, -0.2) is 29.9 Å². The van der Waals surface area contributed by atoms with Crippen LogP contribution < -0.4 is 5.32 Å². The van der Waals surface area contributed by atoms with Crippen molar-refractivity contribution in [3.05, 3.63) is 35.4 Å². The predicted octanol–water partition coefficient (Wildman–Crippen LogP) is 1.75. The lowest BCUT2D eigenvalue weighted by Gasteiger charge is -2.40. The Hall–Kier alpha value is -1.04. The number of aliphatic hydroxyl groups is 2. The van der Waals surface area contributed by atoms with E-state index in [-0.39, 0.29) is 24.1 Å². The average Bonchev–Trinajstić information content (AvgIpc) is 2.35. The van der Waals surface area contributed by atoms with Crippen molar-refractivity contribution in [2.75, 3.05) is 19.7 Å². The van der Waals surface area contributed by atoms with Crippen molar-refractivity contribution in [3.8, 4) is 0 Å². The molecule has 1 aromatic rings. The number of rotatable bonds is 6. The van der Waals surface area contributed by atoms with Gasteiger partial charge < -0.3 is 15.5 Å². The molecule has 5 heteroatoms. The molecule has 0 heterocycles. The van der Waals surface area contributed by atoms with Gasteiger partial charge in [0.2, 0.25) is 0 Å². The highest BCUT2D eigenvalue weighted by atomic mass is 19.1. The Morgan fingerprint density at radius 3 is 2.63 bits per heavy atom.